The molecular formula is C11H9ClN2O2S. The number of rotatable bonds is 3. The summed E-state index contributed by atoms with van der Waals surface area (Å²) in [5, 5.41) is 12.7. The lowest BCUT2D eigenvalue weighted by atomic mass is 10.2. The van der Waals surface area contributed by atoms with Gasteiger partial charge in [-0.25, -0.2) is 4.79 Å². The molecule has 0 amide bonds. The summed E-state index contributed by atoms with van der Waals surface area (Å²) in [6, 6.07) is 8.07. The Labute approximate surface area is 107 Å². The number of anilines is 3. The molecule has 1 aromatic heterocycles. The quantitative estimate of drug-likeness (QED) is 0.746. The molecule has 0 radical (unpaired) electrons. The Morgan fingerprint density at radius 3 is 2.71 bits per heavy atom. The molecule has 6 heteroatoms. The number of benzene rings is 1. The smallest absolute Gasteiger partial charge is 0.335 e. The Kier molecular flexibility index (Phi) is 3.21. The second-order valence-electron chi connectivity index (χ2n) is 3.34. The molecule has 0 aliphatic carbocycles. The van der Waals surface area contributed by atoms with Crippen molar-refractivity contribution < 1.29 is 9.90 Å². The van der Waals surface area contributed by atoms with Crippen LogP contribution in [-0.4, -0.2) is 11.1 Å². The first kappa shape index (κ1) is 11.8. The van der Waals surface area contributed by atoms with Crippen molar-refractivity contribution in [3.63, 3.8) is 0 Å². The number of thiophene rings is 1. The molecule has 2 aromatic rings. The maximum atomic E-state index is 10.8. The van der Waals surface area contributed by atoms with Crippen LogP contribution in [0.2, 0.25) is 4.34 Å². The van der Waals surface area contributed by atoms with Crippen molar-refractivity contribution in [2.24, 2.45) is 0 Å². The van der Waals surface area contributed by atoms with Gasteiger partial charge in [0.15, 0.2) is 0 Å². The van der Waals surface area contributed by atoms with E-state index in [0.29, 0.717) is 15.7 Å². The van der Waals surface area contributed by atoms with Gasteiger partial charge in [-0.15, -0.1) is 11.3 Å². The predicted molar refractivity (Wildman–Crippen MR) is 70.4 cm³/mol. The number of carboxylic acids is 1. The molecule has 17 heavy (non-hydrogen) atoms. The molecule has 0 spiro atoms. The number of halogens is 1. The van der Waals surface area contributed by atoms with Gasteiger partial charge in [-0.2, -0.15) is 0 Å². The van der Waals surface area contributed by atoms with Crippen LogP contribution in [-0.2, 0) is 0 Å². The highest BCUT2D eigenvalue weighted by Gasteiger charge is 2.07. The number of nitrogens with one attached hydrogen (secondary N) is 1. The van der Waals surface area contributed by atoms with E-state index in [-0.39, 0.29) is 5.56 Å². The average molecular weight is 269 g/mol. The first-order valence-electron chi connectivity index (χ1n) is 4.71. The first-order chi connectivity index (χ1) is 8.06. The fourth-order valence-electron chi connectivity index (χ4n) is 1.31. The van der Waals surface area contributed by atoms with Gasteiger partial charge in [-0.1, -0.05) is 11.6 Å². The molecule has 88 valence electrons. The second kappa shape index (κ2) is 4.65. The molecular weight excluding hydrogens is 260 g/mol. The van der Waals surface area contributed by atoms with Crippen molar-refractivity contribution in [2.75, 3.05) is 11.1 Å². The van der Waals surface area contributed by atoms with Gasteiger partial charge in [0.25, 0.3) is 0 Å². The van der Waals surface area contributed by atoms with Gasteiger partial charge in [0.1, 0.15) is 0 Å². The van der Waals surface area contributed by atoms with E-state index in [1.165, 1.54) is 23.5 Å². The fourth-order valence-corrected chi connectivity index (χ4v) is 2.27. The van der Waals surface area contributed by atoms with E-state index >= 15 is 0 Å². The Balaban J connectivity index is 2.31. The lowest BCUT2D eigenvalue weighted by Crippen LogP contribution is -2.00. The van der Waals surface area contributed by atoms with Gasteiger partial charge in [-0.05, 0) is 30.3 Å². The van der Waals surface area contributed by atoms with Crippen molar-refractivity contribution in [3.05, 3.63) is 40.2 Å². The van der Waals surface area contributed by atoms with Crippen molar-refractivity contribution >= 4 is 45.3 Å². The summed E-state index contributed by atoms with van der Waals surface area (Å²) in [6.45, 7) is 0. The van der Waals surface area contributed by atoms with E-state index in [1.54, 1.807) is 18.2 Å². The summed E-state index contributed by atoms with van der Waals surface area (Å²) in [5.41, 5.74) is 6.99. The molecule has 0 atom stereocenters. The molecule has 0 unspecified atom stereocenters. The van der Waals surface area contributed by atoms with Gasteiger partial charge in [0.2, 0.25) is 0 Å². The number of aromatic carboxylic acids is 1. The Morgan fingerprint density at radius 1 is 1.35 bits per heavy atom. The van der Waals surface area contributed by atoms with E-state index in [2.05, 4.69) is 5.32 Å². The number of nitrogens with two attached hydrogens (primary N) is 1. The minimum atomic E-state index is -0.989. The lowest BCUT2D eigenvalue weighted by molar-refractivity contribution is 0.0697. The van der Waals surface area contributed by atoms with Crippen LogP contribution in [0, 0.1) is 0 Å². The van der Waals surface area contributed by atoms with E-state index in [1.807, 2.05) is 0 Å². The van der Waals surface area contributed by atoms with Crippen LogP contribution >= 0.6 is 22.9 Å². The van der Waals surface area contributed by atoms with Gasteiger partial charge in [-0.3, -0.25) is 0 Å². The largest absolute Gasteiger partial charge is 0.478 e. The highest BCUT2D eigenvalue weighted by Crippen LogP contribution is 2.31. The molecule has 0 aliphatic rings. The number of nitrogen functional groups attached to an aromatic ring is 1. The standard InChI is InChI=1S/C11H9ClN2O2S/c12-9-3-4-10(17-9)14-8-5-6(11(15)16)1-2-7(8)13/h1-5,14H,13H2,(H,15,16). The zero-order valence-corrected chi connectivity index (χ0v) is 10.2. The Bertz CT molecular complexity index is 568. The van der Waals surface area contributed by atoms with Crippen LogP contribution in [0.25, 0.3) is 0 Å². The fraction of sp³-hybridized carbons (Fsp3) is 0. The van der Waals surface area contributed by atoms with Crippen LogP contribution in [0.5, 0.6) is 0 Å². The van der Waals surface area contributed by atoms with E-state index in [9.17, 15) is 4.79 Å². The molecule has 2 rings (SSSR count). The lowest BCUT2D eigenvalue weighted by Gasteiger charge is -2.08. The predicted octanol–water partition coefficient (Wildman–Crippen LogP) is 3.43. The molecule has 0 fully saturated rings. The van der Waals surface area contributed by atoms with Crippen LogP contribution in [0.1, 0.15) is 10.4 Å². The zero-order chi connectivity index (χ0) is 12.4. The topological polar surface area (TPSA) is 75.4 Å². The summed E-state index contributed by atoms with van der Waals surface area (Å²) < 4.78 is 0.653. The maximum absolute atomic E-state index is 10.8. The normalized spacial score (nSPS) is 10.2. The SMILES string of the molecule is Nc1ccc(C(=O)O)cc1Nc1ccc(Cl)s1. The molecule has 0 bridgehead atoms. The van der Waals surface area contributed by atoms with Crippen molar-refractivity contribution in [1.82, 2.24) is 0 Å². The highest BCUT2D eigenvalue weighted by molar-refractivity contribution is 7.19. The van der Waals surface area contributed by atoms with Crippen molar-refractivity contribution in [1.29, 1.82) is 0 Å². The Hall–Kier alpha value is -1.72. The second-order valence-corrected chi connectivity index (χ2v) is 5.05. The summed E-state index contributed by atoms with van der Waals surface area (Å²) in [4.78, 5) is 10.8. The molecule has 0 saturated heterocycles. The summed E-state index contributed by atoms with van der Waals surface area (Å²) >= 11 is 7.16. The molecule has 4 N–H and O–H groups in total. The number of carboxylic acid groups (broad SMARTS) is 1. The maximum Gasteiger partial charge on any atom is 0.335 e. The number of carbonyl (C=O) groups is 1. The first-order valence-corrected chi connectivity index (χ1v) is 5.91. The third-order valence-electron chi connectivity index (χ3n) is 2.13. The van der Waals surface area contributed by atoms with Gasteiger partial charge >= 0.3 is 5.97 Å². The van der Waals surface area contributed by atoms with Crippen LogP contribution < -0.4 is 11.1 Å². The van der Waals surface area contributed by atoms with Crippen molar-refractivity contribution in [3.8, 4) is 0 Å². The van der Waals surface area contributed by atoms with Crippen LogP contribution in [0.15, 0.2) is 30.3 Å². The van der Waals surface area contributed by atoms with Crippen molar-refractivity contribution in [2.45, 2.75) is 0 Å². The van der Waals surface area contributed by atoms with Gasteiger partial charge in [0.05, 0.1) is 26.3 Å². The molecule has 0 saturated carbocycles. The molecule has 4 nitrogen and oxygen atoms in total. The number of hydrogen-bond acceptors (Lipinski definition) is 4. The highest BCUT2D eigenvalue weighted by atomic mass is 35.5. The third kappa shape index (κ3) is 2.69. The third-order valence-corrected chi connectivity index (χ3v) is 3.28. The Morgan fingerprint density at radius 2 is 2.12 bits per heavy atom. The zero-order valence-electron chi connectivity index (χ0n) is 8.61. The molecule has 1 heterocycles. The van der Waals surface area contributed by atoms with E-state index in [4.69, 9.17) is 22.4 Å². The van der Waals surface area contributed by atoms with E-state index in [0.717, 1.165) is 5.00 Å². The summed E-state index contributed by atoms with van der Waals surface area (Å²) in [5.74, 6) is -0.989. The van der Waals surface area contributed by atoms with Crippen LogP contribution in [0.4, 0.5) is 16.4 Å². The monoisotopic (exact) mass is 268 g/mol. The molecule has 0 aliphatic heterocycles. The van der Waals surface area contributed by atoms with Gasteiger partial charge < -0.3 is 16.2 Å². The minimum Gasteiger partial charge on any atom is -0.478 e. The summed E-state index contributed by atoms with van der Waals surface area (Å²) in [6.07, 6.45) is 0. The average Bonchev–Trinajstić information content (AvgIpc) is 2.67. The molecule has 1 aromatic carbocycles. The minimum absolute atomic E-state index is 0.185. The van der Waals surface area contributed by atoms with Crippen LogP contribution in [0.3, 0.4) is 0 Å². The summed E-state index contributed by atoms with van der Waals surface area (Å²) in [7, 11) is 0. The number of hydrogen-bond donors (Lipinski definition) is 3. The van der Waals surface area contributed by atoms with Gasteiger partial charge in [0, 0.05) is 0 Å². The van der Waals surface area contributed by atoms with E-state index < -0.39 is 5.97 Å².